The SMILES string of the molecule is Oc1cccc2ccc3c(c12)=CC1=CC=CC(c2ccc4ccc5cccc6ccc2c4c56)C=31. The highest BCUT2D eigenvalue weighted by molar-refractivity contribution is 6.23. The van der Waals surface area contributed by atoms with Crippen LogP contribution < -0.4 is 10.4 Å². The van der Waals surface area contributed by atoms with E-state index in [1.165, 1.54) is 54.2 Å². The molecule has 158 valence electrons. The zero-order valence-corrected chi connectivity index (χ0v) is 18.4. The van der Waals surface area contributed by atoms with Gasteiger partial charge < -0.3 is 5.11 Å². The Bertz CT molecular complexity index is 2000. The van der Waals surface area contributed by atoms with E-state index in [2.05, 4.69) is 97.1 Å². The molecule has 1 N–H and O–H groups in total. The predicted octanol–water partition coefficient (Wildman–Crippen LogP) is 6.67. The number of benzene rings is 6. The zero-order valence-electron chi connectivity index (χ0n) is 18.4. The van der Waals surface area contributed by atoms with Crippen molar-refractivity contribution in [2.24, 2.45) is 0 Å². The lowest BCUT2D eigenvalue weighted by atomic mass is 9.80. The third kappa shape index (κ3) is 2.24. The Morgan fingerprint density at radius 3 is 2.15 bits per heavy atom. The number of phenolic OH excluding ortho intramolecular Hbond substituents is 1. The maximum atomic E-state index is 10.7. The fourth-order valence-electron chi connectivity index (χ4n) is 6.30. The van der Waals surface area contributed by atoms with Gasteiger partial charge in [-0.2, -0.15) is 0 Å². The molecular formula is C33H20O. The van der Waals surface area contributed by atoms with Crippen LogP contribution in [0.4, 0.5) is 0 Å². The molecule has 2 aliphatic rings. The Balaban J connectivity index is 1.48. The first kappa shape index (κ1) is 18.1. The fourth-order valence-corrected chi connectivity index (χ4v) is 6.30. The summed E-state index contributed by atoms with van der Waals surface area (Å²) in [5.41, 5.74) is 3.91. The van der Waals surface area contributed by atoms with Crippen molar-refractivity contribution in [3.63, 3.8) is 0 Å². The molecule has 0 radical (unpaired) electrons. The van der Waals surface area contributed by atoms with Crippen LogP contribution in [0, 0.1) is 0 Å². The summed E-state index contributed by atoms with van der Waals surface area (Å²) in [7, 11) is 0. The van der Waals surface area contributed by atoms with Gasteiger partial charge in [0.2, 0.25) is 0 Å². The quantitative estimate of drug-likeness (QED) is 0.288. The minimum absolute atomic E-state index is 0.158. The monoisotopic (exact) mass is 432 g/mol. The van der Waals surface area contributed by atoms with Crippen LogP contribution in [0.1, 0.15) is 11.5 Å². The summed E-state index contributed by atoms with van der Waals surface area (Å²) in [6.45, 7) is 0. The average molecular weight is 433 g/mol. The molecule has 0 saturated heterocycles. The van der Waals surface area contributed by atoms with Crippen LogP contribution in [0.5, 0.6) is 5.75 Å². The van der Waals surface area contributed by atoms with Crippen LogP contribution in [0.3, 0.4) is 0 Å². The van der Waals surface area contributed by atoms with E-state index in [-0.39, 0.29) is 5.92 Å². The van der Waals surface area contributed by atoms with Gasteiger partial charge >= 0.3 is 0 Å². The van der Waals surface area contributed by atoms with E-state index < -0.39 is 0 Å². The third-order valence-electron chi connectivity index (χ3n) is 7.75. The van der Waals surface area contributed by atoms with Gasteiger partial charge in [-0.05, 0) is 77.0 Å². The van der Waals surface area contributed by atoms with E-state index in [1.54, 1.807) is 6.07 Å². The van der Waals surface area contributed by atoms with Crippen molar-refractivity contribution in [2.45, 2.75) is 5.92 Å². The lowest BCUT2D eigenvalue weighted by molar-refractivity contribution is 0.481. The molecule has 0 aromatic heterocycles. The molecule has 6 aromatic carbocycles. The van der Waals surface area contributed by atoms with E-state index >= 15 is 0 Å². The van der Waals surface area contributed by atoms with Gasteiger partial charge in [-0.25, -0.2) is 0 Å². The average Bonchev–Trinajstić information content (AvgIpc) is 3.26. The summed E-state index contributed by atoms with van der Waals surface area (Å²) in [5.74, 6) is 0.503. The number of phenols is 1. The molecule has 34 heavy (non-hydrogen) atoms. The molecule has 0 heterocycles. The molecule has 0 aliphatic heterocycles. The standard InChI is InChI=1S/C33H20O/c34-29-9-3-6-21-14-17-27-28(32(21)29)18-23-7-2-8-25(31(23)27)24-15-12-22-11-10-19-4-1-5-20-13-16-26(24)33(22)30(19)20/h1-18,25,34H. The second-order valence-corrected chi connectivity index (χ2v) is 9.46. The van der Waals surface area contributed by atoms with Crippen LogP contribution in [-0.2, 0) is 0 Å². The highest BCUT2D eigenvalue weighted by Crippen LogP contribution is 2.43. The summed E-state index contributed by atoms with van der Waals surface area (Å²) in [6.07, 6.45) is 8.96. The molecule has 0 fully saturated rings. The minimum Gasteiger partial charge on any atom is -0.507 e. The molecule has 1 nitrogen and oxygen atoms in total. The normalized spacial score (nSPS) is 16.9. The Morgan fingerprint density at radius 1 is 0.618 bits per heavy atom. The van der Waals surface area contributed by atoms with Gasteiger partial charge in [0.1, 0.15) is 5.75 Å². The van der Waals surface area contributed by atoms with E-state index in [0.717, 1.165) is 16.0 Å². The van der Waals surface area contributed by atoms with Crippen LogP contribution in [0.2, 0.25) is 0 Å². The van der Waals surface area contributed by atoms with Gasteiger partial charge in [-0.3, -0.25) is 0 Å². The first-order valence-corrected chi connectivity index (χ1v) is 11.8. The Hall–Kier alpha value is -4.36. The van der Waals surface area contributed by atoms with E-state index in [9.17, 15) is 5.11 Å². The predicted molar refractivity (Wildman–Crippen MR) is 143 cm³/mol. The zero-order chi connectivity index (χ0) is 22.4. The first-order valence-electron chi connectivity index (χ1n) is 11.8. The number of hydrogen-bond acceptors (Lipinski definition) is 1. The lowest BCUT2D eigenvalue weighted by Crippen LogP contribution is -2.25. The largest absolute Gasteiger partial charge is 0.507 e. The van der Waals surface area contributed by atoms with Gasteiger partial charge in [-0.15, -0.1) is 0 Å². The summed E-state index contributed by atoms with van der Waals surface area (Å²) < 4.78 is 0. The van der Waals surface area contributed by atoms with Crippen LogP contribution >= 0.6 is 0 Å². The second-order valence-electron chi connectivity index (χ2n) is 9.46. The Labute approximate surface area is 196 Å². The van der Waals surface area contributed by atoms with Crippen molar-refractivity contribution < 1.29 is 5.11 Å². The van der Waals surface area contributed by atoms with Crippen LogP contribution in [0.25, 0.3) is 54.7 Å². The molecule has 0 spiro atoms. The number of aromatic hydroxyl groups is 1. The molecule has 0 bridgehead atoms. The molecule has 6 aromatic rings. The molecule has 1 unspecified atom stereocenters. The van der Waals surface area contributed by atoms with E-state index in [4.69, 9.17) is 0 Å². The van der Waals surface area contributed by atoms with Crippen molar-refractivity contribution in [1.29, 1.82) is 0 Å². The second kappa shape index (κ2) is 6.36. The van der Waals surface area contributed by atoms with Gasteiger partial charge in [0, 0.05) is 11.3 Å². The van der Waals surface area contributed by atoms with Crippen molar-refractivity contribution in [1.82, 2.24) is 0 Å². The Kier molecular flexibility index (Phi) is 3.39. The number of rotatable bonds is 1. The van der Waals surface area contributed by atoms with Gasteiger partial charge in [0.05, 0.1) is 0 Å². The molecular weight excluding hydrogens is 412 g/mol. The maximum absolute atomic E-state index is 10.7. The highest BCUT2D eigenvalue weighted by Gasteiger charge is 2.26. The molecule has 0 amide bonds. The molecule has 2 aliphatic carbocycles. The third-order valence-corrected chi connectivity index (χ3v) is 7.75. The summed E-state index contributed by atoms with van der Waals surface area (Å²) >= 11 is 0. The molecule has 1 heteroatoms. The Morgan fingerprint density at radius 2 is 1.29 bits per heavy atom. The van der Waals surface area contributed by atoms with Crippen molar-refractivity contribution in [3.05, 3.63) is 125 Å². The number of hydrogen-bond donors (Lipinski definition) is 1. The maximum Gasteiger partial charge on any atom is 0.124 e. The number of fused-ring (bicyclic) bond motifs is 4. The van der Waals surface area contributed by atoms with Crippen molar-refractivity contribution >= 4 is 54.7 Å². The fraction of sp³-hybridized carbons (Fsp3) is 0.0303. The summed E-state index contributed by atoms with van der Waals surface area (Å²) in [5, 5.41) is 23.0. The molecule has 0 saturated carbocycles. The van der Waals surface area contributed by atoms with Gasteiger partial charge in [-0.1, -0.05) is 97.1 Å². The lowest BCUT2D eigenvalue weighted by Gasteiger charge is -2.23. The van der Waals surface area contributed by atoms with Crippen molar-refractivity contribution in [3.8, 4) is 5.75 Å². The van der Waals surface area contributed by atoms with Gasteiger partial charge in [0.25, 0.3) is 0 Å². The summed E-state index contributed by atoms with van der Waals surface area (Å²) in [4.78, 5) is 0. The van der Waals surface area contributed by atoms with Gasteiger partial charge in [0.15, 0.2) is 0 Å². The minimum atomic E-state index is 0.158. The van der Waals surface area contributed by atoms with Crippen LogP contribution in [-0.4, -0.2) is 5.11 Å². The number of allylic oxidation sites excluding steroid dienone is 4. The smallest absolute Gasteiger partial charge is 0.124 e. The molecule has 1 atom stereocenters. The van der Waals surface area contributed by atoms with E-state index in [0.29, 0.717) is 5.75 Å². The highest BCUT2D eigenvalue weighted by atomic mass is 16.3. The molecule has 8 rings (SSSR count). The summed E-state index contributed by atoms with van der Waals surface area (Å²) in [6, 6.07) is 30.3. The van der Waals surface area contributed by atoms with Crippen LogP contribution in [0.15, 0.2) is 109 Å². The topological polar surface area (TPSA) is 20.2 Å². The van der Waals surface area contributed by atoms with Crippen molar-refractivity contribution in [2.75, 3.05) is 0 Å². The first-order chi connectivity index (χ1) is 16.8. The van der Waals surface area contributed by atoms with E-state index in [1.807, 2.05) is 6.07 Å².